The van der Waals surface area contributed by atoms with E-state index in [0.717, 1.165) is 0 Å². The van der Waals surface area contributed by atoms with Gasteiger partial charge in [0.25, 0.3) is 0 Å². The Morgan fingerprint density at radius 2 is 1.65 bits per heavy atom. The molecule has 1 amide bonds. The number of ether oxygens (including phenoxy) is 1. The molecule has 4 heteroatoms. The van der Waals surface area contributed by atoms with Crippen molar-refractivity contribution in [2.24, 2.45) is 23.5 Å². The molecule has 0 bridgehead atoms. The van der Waals surface area contributed by atoms with Crippen LogP contribution in [0.25, 0.3) is 0 Å². The molecule has 0 radical (unpaired) electrons. The van der Waals surface area contributed by atoms with Gasteiger partial charge in [-0.3, -0.25) is 9.59 Å². The molecule has 2 atom stereocenters. The lowest BCUT2D eigenvalue weighted by Gasteiger charge is -2.26. The first-order chi connectivity index (χ1) is 7.54. The Morgan fingerprint density at radius 3 is 1.94 bits per heavy atom. The molecule has 0 rings (SSSR count). The average molecular weight is 243 g/mol. The smallest absolute Gasteiger partial charge is 0.309 e. The van der Waals surface area contributed by atoms with Gasteiger partial charge in [-0.25, -0.2) is 0 Å². The molecular formula is C13H25NO3. The van der Waals surface area contributed by atoms with E-state index in [9.17, 15) is 9.59 Å². The van der Waals surface area contributed by atoms with Gasteiger partial charge >= 0.3 is 5.97 Å². The second kappa shape index (κ2) is 6.03. The summed E-state index contributed by atoms with van der Waals surface area (Å²) in [6.45, 7) is 11.1. The number of primary amides is 1. The summed E-state index contributed by atoms with van der Waals surface area (Å²) in [7, 11) is 0. The minimum atomic E-state index is -0.536. The van der Waals surface area contributed by atoms with Crippen LogP contribution in [-0.4, -0.2) is 17.5 Å². The predicted octanol–water partition coefficient (Wildman–Crippen LogP) is 2.11. The van der Waals surface area contributed by atoms with Gasteiger partial charge in [-0.05, 0) is 33.1 Å². The van der Waals surface area contributed by atoms with E-state index in [2.05, 4.69) is 0 Å². The molecule has 0 saturated heterocycles. The predicted molar refractivity (Wildman–Crippen MR) is 67.1 cm³/mol. The second-order valence-electron chi connectivity index (χ2n) is 5.96. The summed E-state index contributed by atoms with van der Waals surface area (Å²) in [6, 6.07) is 0. The molecule has 0 unspecified atom stereocenters. The fraction of sp³-hybridized carbons (Fsp3) is 0.846. The van der Waals surface area contributed by atoms with Crippen LogP contribution in [0.5, 0.6) is 0 Å². The summed E-state index contributed by atoms with van der Waals surface area (Å²) >= 11 is 0. The molecule has 0 fully saturated rings. The third-order valence-electron chi connectivity index (χ3n) is 2.47. The number of nitrogens with two attached hydrogens (primary N) is 1. The topological polar surface area (TPSA) is 69.4 Å². The highest BCUT2D eigenvalue weighted by molar-refractivity contribution is 5.84. The molecule has 0 aliphatic carbocycles. The molecule has 0 aromatic rings. The van der Waals surface area contributed by atoms with Crippen LogP contribution < -0.4 is 5.73 Å². The van der Waals surface area contributed by atoms with Crippen LogP contribution in [0.2, 0.25) is 0 Å². The zero-order valence-corrected chi connectivity index (χ0v) is 11.7. The maximum Gasteiger partial charge on any atom is 0.309 e. The maximum absolute atomic E-state index is 11.9. The van der Waals surface area contributed by atoms with Crippen LogP contribution in [0.4, 0.5) is 0 Å². The molecule has 100 valence electrons. The number of esters is 1. The average Bonchev–Trinajstić information content (AvgIpc) is 2.09. The van der Waals surface area contributed by atoms with Crippen LogP contribution in [0.1, 0.15) is 48.0 Å². The number of carbonyl (C=O) groups excluding carboxylic acids is 2. The molecule has 4 nitrogen and oxygen atoms in total. The quantitative estimate of drug-likeness (QED) is 0.752. The Balaban J connectivity index is 4.67. The summed E-state index contributed by atoms with van der Waals surface area (Å²) in [5.74, 6) is -1.42. The highest BCUT2D eigenvalue weighted by Gasteiger charge is 2.32. The van der Waals surface area contributed by atoms with Gasteiger partial charge in [0.15, 0.2) is 0 Å². The molecule has 0 heterocycles. The molecule has 0 aromatic carbocycles. The van der Waals surface area contributed by atoms with E-state index < -0.39 is 23.3 Å². The van der Waals surface area contributed by atoms with Gasteiger partial charge < -0.3 is 10.5 Å². The van der Waals surface area contributed by atoms with E-state index in [0.29, 0.717) is 12.3 Å². The van der Waals surface area contributed by atoms with Gasteiger partial charge in [0.05, 0.1) is 11.8 Å². The fourth-order valence-corrected chi connectivity index (χ4v) is 1.63. The van der Waals surface area contributed by atoms with Gasteiger partial charge in [-0.2, -0.15) is 0 Å². The third kappa shape index (κ3) is 6.29. The summed E-state index contributed by atoms with van der Waals surface area (Å²) < 4.78 is 5.27. The van der Waals surface area contributed by atoms with Gasteiger partial charge in [0, 0.05) is 0 Å². The van der Waals surface area contributed by atoms with E-state index in [1.54, 1.807) is 27.7 Å². The van der Waals surface area contributed by atoms with E-state index in [1.165, 1.54) is 0 Å². The van der Waals surface area contributed by atoms with Crippen LogP contribution in [-0.2, 0) is 14.3 Å². The molecule has 0 aliphatic rings. The number of amides is 1. The second-order valence-corrected chi connectivity index (χ2v) is 5.96. The van der Waals surface area contributed by atoms with Crippen molar-refractivity contribution in [3.63, 3.8) is 0 Å². The Labute approximate surface area is 104 Å². The van der Waals surface area contributed by atoms with Crippen molar-refractivity contribution in [3.05, 3.63) is 0 Å². The van der Waals surface area contributed by atoms with Crippen LogP contribution in [0, 0.1) is 17.8 Å². The molecule has 2 N–H and O–H groups in total. The lowest BCUT2D eigenvalue weighted by atomic mass is 9.86. The first-order valence-corrected chi connectivity index (χ1v) is 6.06. The summed E-state index contributed by atoms with van der Waals surface area (Å²) in [6.07, 6.45) is 0.607. The van der Waals surface area contributed by atoms with Gasteiger partial charge in [-0.1, -0.05) is 20.8 Å². The van der Waals surface area contributed by atoms with E-state index in [1.807, 2.05) is 13.8 Å². The summed E-state index contributed by atoms with van der Waals surface area (Å²) in [5.41, 5.74) is 4.80. The normalized spacial score (nSPS) is 15.5. The molecule has 17 heavy (non-hydrogen) atoms. The number of carbonyl (C=O) groups is 2. The standard InChI is InChI=1S/C13H25NO3/c1-8(2)7-10(11(14)15)9(3)12(16)17-13(4,5)6/h8-10H,7H2,1-6H3,(H2,14,15)/t9-,10+/m0/s1. The van der Waals surface area contributed by atoms with Crippen LogP contribution in [0.3, 0.4) is 0 Å². The molecule has 0 aliphatic heterocycles. The largest absolute Gasteiger partial charge is 0.460 e. The zero-order chi connectivity index (χ0) is 13.8. The third-order valence-corrected chi connectivity index (χ3v) is 2.47. The van der Waals surface area contributed by atoms with E-state index in [4.69, 9.17) is 10.5 Å². The van der Waals surface area contributed by atoms with Crippen molar-refractivity contribution in [1.29, 1.82) is 0 Å². The number of hydrogen-bond donors (Lipinski definition) is 1. The van der Waals surface area contributed by atoms with Crippen molar-refractivity contribution in [2.45, 2.75) is 53.6 Å². The molecular weight excluding hydrogens is 218 g/mol. The first kappa shape index (κ1) is 15.9. The lowest BCUT2D eigenvalue weighted by Crippen LogP contribution is -2.37. The SMILES string of the molecule is CC(C)C[C@@H](C(N)=O)[C@H](C)C(=O)OC(C)(C)C. The monoisotopic (exact) mass is 243 g/mol. The molecule has 0 aromatic heterocycles. The van der Waals surface area contributed by atoms with Gasteiger partial charge in [0.1, 0.15) is 5.60 Å². The fourth-order valence-electron chi connectivity index (χ4n) is 1.63. The highest BCUT2D eigenvalue weighted by Crippen LogP contribution is 2.23. The maximum atomic E-state index is 11.9. The molecule has 0 spiro atoms. The Morgan fingerprint density at radius 1 is 1.18 bits per heavy atom. The lowest BCUT2D eigenvalue weighted by molar-refractivity contribution is -0.163. The highest BCUT2D eigenvalue weighted by atomic mass is 16.6. The van der Waals surface area contributed by atoms with Crippen molar-refractivity contribution in [1.82, 2.24) is 0 Å². The first-order valence-electron chi connectivity index (χ1n) is 6.06. The Hall–Kier alpha value is -1.06. The Bertz CT molecular complexity index is 279. The van der Waals surface area contributed by atoms with E-state index in [-0.39, 0.29) is 5.97 Å². The van der Waals surface area contributed by atoms with Crippen LogP contribution >= 0.6 is 0 Å². The number of rotatable bonds is 5. The summed E-state index contributed by atoms with van der Waals surface area (Å²) in [4.78, 5) is 23.2. The summed E-state index contributed by atoms with van der Waals surface area (Å²) in [5, 5.41) is 0. The van der Waals surface area contributed by atoms with Crippen molar-refractivity contribution in [2.75, 3.05) is 0 Å². The minimum Gasteiger partial charge on any atom is -0.460 e. The van der Waals surface area contributed by atoms with E-state index >= 15 is 0 Å². The van der Waals surface area contributed by atoms with Crippen molar-refractivity contribution >= 4 is 11.9 Å². The zero-order valence-electron chi connectivity index (χ0n) is 11.7. The number of hydrogen-bond acceptors (Lipinski definition) is 3. The van der Waals surface area contributed by atoms with Gasteiger partial charge in [0.2, 0.25) is 5.91 Å². The van der Waals surface area contributed by atoms with Crippen molar-refractivity contribution < 1.29 is 14.3 Å². The Kier molecular flexibility index (Phi) is 5.66. The molecule has 0 saturated carbocycles. The van der Waals surface area contributed by atoms with Gasteiger partial charge in [-0.15, -0.1) is 0 Å². The van der Waals surface area contributed by atoms with Crippen molar-refractivity contribution in [3.8, 4) is 0 Å². The minimum absolute atomic E-state index is 0.317. The van der Waals surface area contributed by atoms with Crippen LogP contribution in [0.15, 0.2) is 0 Å².